The molecule has 13 nitrogen and oxygen atoms in total. The second kappa shape index (κ2) is 9.63. The van der Waals surface area contributed by atoms with Crippen LogP contribution in [-0.2, 0) is 9.09 Å². The lowest BCUT2D eigenvalue weighted by Gasteiger charge is -2.47. The fourth-order valence-electron chi connectivity index (χ4n) is 3.74. The zero-order valence-corrected chi connectivity index (χ0v) is 20.3. The van der Waals surface area contributed by atoms with Gasteiger partial charge in [-0.3, -0.25) is 15.4 Å². The van der Waals surface area contributed by atoms with Crippen molar-refractivity contribution in [2.45, 2.75) is 36.2 Å². The van der Waals surface area contributed by atoms with E-state index in [4.69, 9.17) is 38.0 Å². The zero-order chi connectivity index (χ0) is 26.6. The SMILES string of the molecule is NC1(OP(=O)(O)Oc2ccc(Cl)cc2-c2nc3ccc(Cl)cc3c(=O)[nH]2)[C@@H](O)[C@H](O)C(O)[C@H](O)[C@@H]1O. The van der Waals surface area contributed by atoms with Gasteiger partial charge in [0.25, 0.3) is 5.56 Å². The van der Waals surface area contributed by atoms with Gasteiger partial charge in [0.05, 0.1) is 16.5 Å². The van der Waals surface area contributed by atoms with E-state index in [-0.39, 0.29) is 33.1 Å². The van der Waals surface area contributed by atoms with Crippen molar-refractivity contribution in [2.24, 2.45) is 5.73 Å². The fraction of sp³-hybridized carbons (Fsp3) is 0.300. The Balaban J connectivity index is 1.72. The van der Waals surface area contributed by atoms with Crippen LogP contribution in [0.4, 0.5) is 0 Å². The first-order valence-corrected chi connectivity index (χ1v) is 12.4. The molecule has 16 heteroatoms. The van der Waals surface area contributed by atoms with Gasteiger partial charge in [0.15, 0.2) is 5.72 Å². The van der Waals surface area contributed by atoms with Crippen LogP contribution < -0.4 is 15.8 Å². The summed E-state index contributed by atoms with van der Waals surface area (Å²) in [4.78, 5) is 29.8. The van der Waals surface area contributed by atoms with Crippen LogP contribution in [0, 0.1) is 0 Å². The van der Waals surface area contributed by atoms with Crippen molar-refractivity contribution in [1.82, 2.24) is 9.97 Å². The van der Waals surface area contributed by atoms with Crippen LogP contribution >= 0.6 is 31.0 Å². The third kappa shape index (κ3) is 4.88. The molecule has 0 bridgehead atoms. The molecular weight excluding hydrogens is 544 g/mol. The zero-order valence-electron chi connectivity index (χ0n) is 17.9. The van der Waals surface area contributed by atoms with Crippen molar-refractivity contribution >= 4 is 41.9 Å². The van der Waals surface area contributed by atoms with Crippen LogP contribution in [0.2, 0.25) is 10.0 Å². The minimum absolute atomic E-state index is 0.0550. The van der Waals surface area contributed by atoms with Crippen molar-refractivity contribution in [2.75, 3.05) is 0 Å². The molecule has 7 atom stereocenters. The van der Waals surface area contributed by atoms with E-state index in [9.17, 15) is 39.8 Å². The van der Waals surface area contributed by atoms with E-state index in [1.54, 1.807) is 0 Å². The molecule has 1 saturated carbocycles. The lowest BCUT2D eigenvalue weighted by molar-refractivity contribution is -0.260. The number of benzene rings is 2. The number of phosphoric acid groups is 1. The first-order valence-electron chi connectivity index (χ1n) is 10.2. The topological polar surface area (TPSA) is 229 Å². The maximum Gasteiger partial charge on any atom is 0.529 e. The number of H-pyrrole nitrogens is 1. The van der Waals surface area contributed by atoms with Crippen LogP contribution in [0.5, 0.6) is 5.75 Å². The first kappa shape index (κ1) is 26.9. The second-order valence-electron chi connectivity index (χ2n) is 8.08. The molecule has 194 valence electrons. The average molecular weight is 564 g/mol. The van der Waals surface area contributed by atoms with Crippen molar-refractivity contribution in [1.29, 1.82) is 0 Å². The standard InChI is InChI=1S/C20H20Cl2N3O10P/c21-7-1-3-11-9(5-7)19(31)25-18(24-11)10-6-8(22)2-4-12(10)34-36(32,33)35-20(23)16(29)14(27)13(26)15(28)17(20)30/h1-6,13-17,26-30H,23H2,(H,32,33)(H,24,25,31)/t13?,14-,15+,16-,17-,20?/m0/s1. The number of aromatic nitrogens is 2. The molecule has 0 radical (unpaired) electrons. The molecule has 9 N–H and O–H groups in total. The smallest absolute Gasteiger partial charge is 0.403 e. The van der Waals surface area contributed by atoms with Gasteiger partial charge in [0.2, 0.25) is 0 Å². The summed E-state index contributed by atoms with van der Waals surface area (Å²) in [7, 11) is -5.35. The minimum atomic E-state index is -5.35. The molecule has 1 heterocycles. The van der Waals surface area contributed by atoms with Crippen LogP contribution in [0.15, 0.2) is 41.2 Å². The third-order valence-electron chi connectivity index (χ3n) is 5.62. The van der Waals surface area contributed by atoms with Gasteiger partial charge in [0.1, 0.15) is 42.1 Å². The number of aliphatic hydroxyl groups is 5. The van der Waals surface area contributed by atoms with Crippen molar-refractivity contribution in [3.63, 3.8) is 0 Å². The lowest BCUT2D eigenvalue weighted by Crippen LogP contribution is -2.75. The van der Waals surface area contributed by atoms with Crippen LogP contribution in [-0.4, -0.2) is 76.6 Å². The molecule has 2 aromatic carbocycles. The fourth-order valence-corrected chi connectivity index (χ4v) is 5.15. The normalized spacial score (nSPS) is 30.2. The Morgan fingerprint density at radius 3 is 2.19 bits per heavy atom. The highest BCUT2D eigenvalue weighted by Crippen LogP contribution is 2.51. The summed E-state index contributed by atoms with van der Waals surface area (Å²) in [5.41, 5.74) is 2.40. The Morgan fingerprint density at radius 2 is 1.56 bits per heavy atom. The van der Waals surface area contributed by atoms with Crippen LogP contribution in [0.25, 0.3) is 22.3 Å². The van der Waals surface area contributed by atoms with E-state index in [1.165, 1.54) is 30.3 Å². The molecule has 3 aromatic rings. The number of rotatable bonds is 5. The molecule has 1 aliphatic rings. The monoisotopic (exact) mass is 563 g/mol. The largest absolute Gasteiger partial charge is 0.529 e. The summed E-state index contributed by atoms with van der Waals surface area (Å²) < 4.78 is 22.8. The van der Waals surface area contributed by atoms with Gasteiger partial charge >= 0.3 is 7.82 Å². The molecule has 1 fully saturated rings. The number of aromatic amines is 1. The quantitative estimate of drug-likeness (QED) is 0.150. The van der Waals surface area contributed by atoms with Gasteiger partial charge in [-0.2, -0.15) is 0 Å². The van der Waals surface area contributed by atoms with Gasteiger partial charge in [0, 0.05) is 10.0 Å². The maximum absolute atomic E-state index is 12.9. The Labute approximate surface area is 211 Å². The summed E-state index contributed by atoms with van der Waals surface area (Å²) in [5, 5.41) is 50.5. The van der Waals surface area contributed by atoms with Gasteiger partial charge in [-0.05, 0) is 36.4 Å². The van der Waals surface area contributed by atoms with E-state index in [1.807, 2.05) is 0 Å². The Bertz CT molecular complexity index is 1410. The maximum atomic E-state index is 12.9. The van der Waals surface area contributed by atoms with E-state index in [2.05, 4.69) is 9.97 Å². The van der Waals surface area contributed by atoms with Gasteiger partial charge in [-0.25, -0.2) is 14.1 Å². The predicted molar refractivity (Wildman–Crippen MR) is 126 cm³/mol. The van der Waals surface area contributed by atoms with E-state index in [0.29, 0.717) is 5.02 Å². The number of hydrogen-bond acceptors (Lipinski definition) is 11. The number of aliphatic hydroxyl groups excluding tert-OH is 5. The molecular formula is C20H20Cl2N3O10P. The number of hydrogen-bond donors (Lipinski definition) is 8. The van der Waals surface area contributed by atoms with Crippen LogP contribution in [0.3, 0.4) is 0 Å². The summed E-state index contributed by atoms with van der Waals surface area (Å²) in [6, 6.07) is 8.09. The Morgan fingerprint density at radius 1 is 0.972 bits per heavy atom. The highest BCUT2D eigenvalue weighted by atomic mass is 35.5. The summed E-state index contributed by atoms with van der Waals surface area (Å²) in [6.45, 7) is 0. The summed E-state index contributed by atoms with van der Waals surface area (Å²) in [6.07, 6.45) is -10.9. The van der Waals surface area contributed by atoms with E-state index >= 15 is 0 Å². The van der Waals surface area contributed by atoms with Gasteiger partial charge < -0.3 is 35.0 Å². The van der Waals surface area contributed by atoms with Crippen LogP contribution in [0.1, 0.15) is 0 Å². The molecule has 0 aliphatic heterocycles. The van der Waals surface area contributed by atoms with Crippen molar-refractivity contribution < 1.29 is 44.0 Å². The number of nitrogens with one attached hydrogen (secondary N) is 1. The van der Waals surface area contributed by atoms with Gasteiger partial charge in [-0.1, -0.05) is 23.2 Å². The molecule has 1 aliphatic carbocycles. The number of phosphoric ester groups is 1. The highest BCUT2D eigenvalue weighted by molar-refractivity contribution is 7.47. The highest BCUT2D eigenvalue weighted by Gasteiger charge is 2.60. The number of halogens is 2. The molecule has 0 amide bonds. The first-order chi connectivity index (χ1) is 16.7. The minimum Gasteiger partial charge on any atom is -0.403 e. The average Bonchev–Trinajstić information content (AvgIpc) is 2.81. The van der Waals surface area contributed by atoms with Crippen molar-refractivity contribution in [3.8, 4) is 17.1 Å². The molecule has 3 unspecified atom stereocenters. The number of nitrogens with zero attached hydrogens (tertiary/aromatic N) is 1. The summed E-state index contributed by atoms with van der Waals surface area (Å²) in [5.74, 6) is -0.493. The molecule has 36 heavy (non-hydrogen) atoms. The number of nitrogens with two attached hydrogens (primary N) is 1. The second-order valence-corrected chi connectivity index (χ2v) is 10.3. The Kier molecular flexibility index (Phi) is 7.20. The van der Waals surface area contributed by atoms with Gasteiger partial charge in [-0.15, -0.1) is 0 Å². The molecule has 4 rings (SSSR count). The van der Waals surface area contributed by atoms with E-state index < -0.39 is 49.6 Å². The molecule has 0 spiro atoms. The van der Waals surface area contributed by atoms with E-state index in [0.717, 1.165) is 6.07 Å². The molecule has 0 saturated heterocycles. The third-order valence-corrected chi connectivity index (χ3v) is 7.07. The predicted octanol–water partition coefficient (Wildman–Crippen LogP) is -0.134. The summed E-state index contributed by atoms with van der Waals surface area (Å²) >= 11 is 12.0. The number of fused-ring (bicyclic) bond motifs is 1. The Hall–Kier alpha value is -2.13. The lowest BCUT2D eigenvalue weighted by atomic mass is 9.81. The molecule has 1 aromatic heterocycles. The van der Waals surface area contributed by atoms with Crippen molar-refractivity contribution in [3.05, 3.63) is 56.8 Å².